The Balaban J connectivity index is 2.12. The minimum atomic E-state index is -0.128. The Morgan fingerprint density at radius 2 is 1.80 bits per heavy atom. The molecule has 0 atom stereocenters. The maximum Gasteiger partial charge on any atom is 0.126 e. The molecule has 0 heterocycles. The highest BCUT2D eigenvalue weighted by atomic mass is 16.3. The van der Waals surface area contributed by atoms with Crippen LogP contribution in [0.25, 0.3) is 0 Å². The molecule has 0 spiro atoms. The molecule has 1 aliphatic carbocycles. The summed E-state index contributed by atoms with van der Waals surface area (Å²) in [6.07, 6.45) is 6.30. The average molecular weight is 204 g/mol. The number of hydrogen-bond donors (Lipinski definition) is 1. The van der Waals surface area contributed by atoms with Crippen molar-refractivity contribution >= 4 is 6.29 Å². The standard InChI is InChI=1S/C13H16O2/c14-10-13(7-1-2-8-13)9-11-3-5-12(15)6-4-11/h3-6,10,15H,1-2,7-9H2. The van der Waals surface area contributed by atoms with Crippen molar-refractivity contribution in [3.63, 3.8) is 0 Å². The van der Waals surface area contributed by atoms with Crippen LogP contribution < -0.4 is 0 Å². The van der Waals surface area contributed by atoms with Crippen molar-refractivity contribution in [3.05, 3.63) is 29.8 Å². The van der Waals surface area contributed by atoms with E-state index in [-0.39, 0.29) is 11.2 Å². The second kappa shape index (κ2) is 4.05. The van der Waals surface area contributed by atoms with Gasteiger partial charge in [0, 0.05) is 5.41 Å². The lowest BCUT2D eigenvalue weighted by Gasteiger charge is -2.21. The molecule has 1 fully saturated rings. The second-order valence-electron chi connectivity index (χ2n) is 4.53. The van der Waals surface area contributed by atoms with Crippen LogP contribution in [0.5, 0.6) is 5.75 Å². The molecule has 1 saturated carbocycles. The van der Waals surface area contributed by atoms with Gasteiger partial charge >= 0.3 is 0 Å². The van der Waals surface area contributed by atoms with Crippen LogP contribution in [-0.2, 0) is 11.2 Å². The first kappa shape index (κ1) is 10.2. The van der Waals surface area contributed by atoms with E-state index in [9.17, 15) is 4.79 Å². The Morgan fingerprint density at radius 1 is 1.20 bits per heavy atom. The highest BCUT2D eigenvalue weighted by molar-refractivity contribution is 5.60. The van der Waals surface area contributed by atoms with E-state index in [2.05, 4.69) is 0 Å². The van der Waals surface area contributed by atoms with Crippen LogP contribution in [-0.4, -0.2) is 11.4 Å². The number of hydrogen-bond acceptors (Lipinski definition) is 2. The topological polar surface area (TPSA) is 37.3 Å². The van der Waals surface area contributed by atoms with Gasteiger partial charge in [0.05, 0.1) is 0 Å². The third-order valence-corrected chi connectivity index (χ3v) is 3.34. The molecule has 2 rings (SSSR count). The Morgan fingerprint density at radius 3 is 2.33 bits per heavy atom. The fraction of sp³-hybridized carbons (Fsp3) is 0.462. The molecule has 1 aliphatic rings. The van der Waals surface area contributed by atoms with Gasteiger partial charge in [-0.05, 0) is 37.0 Å². The normalized spacial score (nSPS) is 18.9. The van der Waals surface area contributed by atoms with Crippen LogP contribution >= 0.6 is 0 Å². The third-order valence-electron chi connectivity index (χ3n) is 3.34. The van der Waals surface area contributed by atoms with Gasteiger partial charge in [0.2, 0.25) is 0 Å². The van der Waals surface area contributed by atoms with E-state index in [4.69, 9.17) is 5.11 Å². The third kappa shape index (κ3) is 2.20. The summed E-state index contributed by atoms with van der Waals surface area (Å²) >= 11 is 0. The first-order valence-corrected chi connectivity index (χ1v) is 5.48. The van der Waals surface area contributed by atoms with Crippen molar-refractivity contribution in [1.29, 1.82) is 0 Å². The molecule has 0 radical (unpaired) electrons. The quantitative estimate of drug-likeness (QED) is 0.768. The zero-order chi connectivity index (χ0) is 10.7. The fourth-order valence-corrected chi connectivity index (χ4v) is 2.44. The Bertz CT molecular complexity index is 334. The van der Waals surface area contributed by atoms with Crippen LogP contribution in [0, 0.1) is 5.41 Å². The predicted octanol–water partition coefficient (Wildman–Crippen LogP) is 2.69. The van der Waals surface area contributed by atoms with E-state index in [0.717, 1.165) is 44.0 Å². The predicted molar refractivity (Wildman–Crippen MR) is 58.8 cm³/mol. The SMILES string of the molecule is O=CC1(Cc2ccc(O)cc2)CCCC1. The first-order valence-electron chi connectivity index (χ1n) is 5.48. The minimum Gasteiger partial charge on any atom is -0.508 e. The zero-order valence-electron chi connectivity index (χ0n) is 8.78. The van der Waals surface area contributed by atoms with Crippen molar-refractivity contribution in [1.82, 2.24) is 0 Å². The van der Waals surface area contributed by atoms with Crippen molar-refractivity contribution in [3.8, 4) is 5.75 Å². The molecular weight excluding hydrogens is 188 g/mol. The Hall–Kier alpha value is -1.31. The largest absolute Gasteiger partial charge is 0.508 e. The minimum absolute atomic E-state index is 0.128. The summed E-state index contributed by atoms with van der Waals surface area (Å²) in [6, 6.07) is 7.17. The van der Waals surface area contributed by atoms with Gasteiger partial charge in [-0.15, -0.1) is 0 Å². The van der Waals surface area contributed by atoms with E-state index in [0.29, 0.717) is 0 Å². The molecule has 0 aromatic heterocycles. The summed E-state index contributed by atoms with van der Waals surface area (Å²) in [5, 5.41) is 9.17. The molecule has 2 nitrogen and oxygen atoms in total. The van der Waals surface area contributed by atoms with Gasteiger partial charge in [0.15, 0.2) is 0 Å². The summed E-state index contributed by atoms with van der Waals surface area (Å²) < 4.78 is 0. The van der Waals surface area contributed by atoms with Crippen LogP contribution in [0.1, 0.15) is 31.2 Å². The molecule has 0 bridgehead atoms. The van der Waals surface area contributed by atoms with E-state index in [1.165, 1.54) is 0 Å². The lowest BCUT2D eigenvalue weighted by atomic mass is 9.81. The monoisotopic (exact) mass is 204 g/mol. The summed E-state index contributed by atoms with van der Waals surface area (Å²) in [6.45, 7) is 0. The van der Waals surface area contributed by atoms with Gasteiger partial charge in [-0.2, -0.15) is 0 Å². The first-order chi connectivity index (χ1) is 7.24. The molecule has 15 heavy (non-hydrogen) atoms. The van der Waals surface area contributed by atoms with Crippen LogP contribution in [0.4, 0.5) is 0 Å². The van der Waals surface area contributed by atoms with Gasteiger partial charge in [-0.25, -0.2) is 0 Å². The summed E-state index contributed by atoms with van der Waals surface area (Å²) in [7, 11) is 0. The Kier molecular flexibility index (Phi) is 2.76. The summed E-state index contributed by atoms with van der Waals surface area (Å²) in [5.41, 5.74) is 1.01. The maximum absolute atomic E-state index is 11.2. The number of aromatic hydroxyl groups is 1. The zero-order valence-corrected chi connectivity index (χ0v) is 8.78. The number of benzene rings is 1. The van der Waals surface area contributed by atoms with E-state index >= 15 is 0 Å². The number of phenolic OH excluding ortho intramolecular Hbond substituents is 1. The molecule has 0 aliphatic heterocycles. The molecule has 1 aromatic carbocycles. The van der Waals surface area contributed by atoms with Gasteiger partial charge in [-0.3, -0.25) is 0 Å². The smallest absolute Gasteiger partial charge is 0.126 e. The average Bonchev–Trinajstić information content (AvgIpc) is 2.71. The molecule has 1 aromatic rings. The maximum atomic E-state index is 11.2. The lowest BCUT2D eigenvalue weighted by molar-refractivity contribution is -0.115. The molecule has 0 saturated heterocycles. The van der Waals surface area contributed by atoms with Crippen molar-refractivity contribution in [2.75, 3.05) is 0 Å². The number of rotatable bonds is 3. The number of aldehydes is 1. The van der Waals surface area contributed by atoms with Crippen LogP contribution in [0.2, 0.25) is 0 Å². The van der Waals surface area contributed by atoms with Crippen molar-refractivity contribution < 1.29 is 9.90 Å². The van der Waals surface area contributed by atoms with E-state index < -0.39 is 0 Å². The van der Waals surface area contributed by atoms with Gasteiger partial charge in [0.1, 0.15) is 12.0 Å². The highest BCUT2D eigenvalue weighted by Gasteiger charge is 2.33. The molecule has 80 valence electrons. The molecular formula is C13H16O2. The number of carbonyl (C=O) groups excluding carboxylic acids is 1. The summed E-state index contributed by atoms with van der Waals surface area (Å²) in [5.74, 6) is 0.283. The van der Waals surface area contributed by atoms with Crippen molar-refractivity contribution in [2.24, 2.45) is 5.41 Å². The van der Waals surface area contributed by atoms with Gasteiger partial charge in [-0.1, -0.05) is 25.0 Å². The van der Waals surface area contributed by atoms with Crippen LogP contribution in [0.15, 0.2) is 24.3 Å². The molecule has 0 amide bonds. The lowest BCUT2D eigenvalue weighted by Crippen LogP contribution is -2.21. The molecule has 0 unspecified atom stereocenters. The molecule has 1 N–H and O–H groups in total. The van der Waals surface area contributed by atoms with E-state index in [1.54, 1.807) is 12.1 Å². The van der Waals surface area contributed by atoms with E-state index in [1.807, 2.05) is 12.1 Å². The highest BCUT2D eigenvalue weighted by Crippen LogP contribution is 2.39. The van der Waals surface area contributed by atoms with Crippen LogP contribution in [0.3, 0.4) is 0 Å². The Labute approximate surface area is 89.9 Å². The van der Waals surface area contributed by atoms with Gasteiger partial charge in [0.25, 0.3) is 0 Å². The number of carbonyl (C=O) groups is 1. The summed E-state index contributed by atoms with van der Waals surface area (Å²) in [4.78, 5) is 11.2. The second-order valence-corrected chi connectivity index (χ2v) is 4.53. The van der Waals surface area contributed by atoms with Gasteiger partial charge < -0.3 is 9.90 Å². The molecule has 2 heteroatoms. The fourth-order valence-electron chi connectivity index (χ4n) is 2.44. The van der Waals surface area contributed by atoms with Crippen molar-refractivity contribution in [2.45, 2.75) is 32.1 Å². The number of phenols is 1.